The zero-order valence-electron chi connectivity index (χ0n) is 10.8. The van der Waals surface area contributed by atoms with E-state index in [0.29, 0.717) is 11.5 Å². The van der Waals surface area contributed by atoms with E-state index >= 15 is 0 Å². The number of nitrogens with zero attached hydrogens (tertiary/aromatic N) is 1. The molecule has 2 rings (SSSR count). The highest BCUT2D eigenvalue weighted by Crippen LogP contribution is 2.36. The molecule has 0 unspecified atom stereocenters. The first-order chi connectivity index (χ1) is 10.5. The van der Waals surface area contributed by atoms with Gasteiger partial charge in [-0.2, -0.15) is 5.10 Å². The monoisotopic (exact) mass is 604 g/mol. The SMILES string of the molecule is O=C(COc1c(Br)cc(Br)cc1Br)NN=Cc1ccc(I)o1. The van der Waals surface area contributed by atoms with Gasteiger partial charge in [0, 0.05) is 4.47 Å². The summed E-state index contributed by atoms with van der Waals surface area (Å²) in [5, 5.41) is 3.79. The van der Waals surface area contributed by atoms with Gasteiger partial charge in [0.25, 0.3) is 5.91 Å². The number of furan rings is 1. The number of rotatable bonds is 5. The molecular formula is C13H8Br3IN2O3. The second-order valence-corrected chi connectivity index (χ2v) is 7.61. The number of benzene rings is 1. The second-order valence-electron chi connectivity index (χ2n) is 3.92. The van der Waals surface area contributed by atoms with E-state index in [0.717, 1.165) is 17.2 Å². The molecule has 1 N–H and O–H groups in total. The van der Waals surface area contributed by atoms with Crippen LogP contribution in [0.3, 0.4) is 0 Å². The fourth-order valence-electron chi connectivity index (χ4n) is 1.40. The average Bonchev–Trinajstić information content (AvgIpc) is 2.83. The lowest BCUT2D eigenvalue weighted by Gasteiger charge is -2.09. The number of carbonyl (C=O) groups is 1. The van der Waals surface area contributed by atoms with Crippen molar-refractivity contribution in [1.82, 2.24) is 5.43 Å². The number of halogens is 4. The summed E-state index contributed by atoms with van der Waals surface area (Å²) in [6.45, 7) is -0.161. The zero-order valence-corrected chi connectivity index (χ0v) is 17.7. The van der Waals surface area contributed by atoms with Gasteiger partial charge in [-0.05, 0) is 78.7 Å². The number of amides is 1. The van der Waals surface area contributed by atoms with Crippen molar-refractivity contribution in [3.63, 3.8) is 0 Å². The molecule has 0 spiro atoms. The van der Waals surface area contributed by atoms with E-state index in [1.54, 1.807) is 12.1 Å². The van der Waals surface area contributed by atoms with Crippen LogP contribution in [-0.4, -0.2) is 18.7 Å². The van der Waals surface area contributed by atoms with Crippen LogP contribution in [0.2, 0.25) is 0 Å². The van der Waals surface area contributed by atoms with Gasteiger partial charge in [0.1, 0.15) is 11.5 Å². The van der Waals surface area contributed by atoms with Gasteiger partial charge in [-0.15, -0.1) is 0 Å². The van der Waals surface area contributed by atoms with Crippen LogP contribution in [0.15, 0.2) is 47.2 Å². The smallest absolute Gasteiger partial charge is 0.277 e. The molecule has 9 heteroatoms. The van der Waals surface area contributed by atoms with Crippen molar-refractivity contribution in [2.75, 3.05) is 6.61 Å². The highest BCUT2D eigenvalue weighted by molar-refractivity contribution is 14.1. The van der Waals surface area contributed by atoms with Crippen molar-refractivity contribution in [2.24, 2.45) is 5.10 Å². The average molecular weight is 607 g/mol. The molecule has 1 aromatic carbocycles. The van der Waals surface area contributed by atoms with Crippen molar-refractivity contribution >= 4 is 82.5 Å². The van der Waals surface area contributed by atoms with Gasteiger partial charge >= 0.3 is 0 Å². The fraction of sp³-hybridized carbons (Fsp3) is 0.0769. The first-order valence-corrected chi connectivity index (χ1v) is 9.26. The number of hydrogen-bond donors (Lipinski definition) is 1. The lowest BCUT2D eigenvalue weighted by molar-refractivity contribution is -0.123. The Morgan fingerprint density at radius 2 is 2.00 bits per heavy atom. The Labute approximate surface area is 165 Å². The summed E-state index contributed by atoms with van der Waals surface area (Å²) in [4.78, 5) is 11.7. The largest absolute Gasteiger partial charge is 0.481 e. The van der Waals surface area contributed by atoms with Crippen LogP contribution in [0, 0.1) is 3.77 Å². The number of carbonyl (C=O) groups excluding carboxylic acids is 1. The van der Waals surface area contributed by atoms with E-state index in [2.05, 4.69) is 58.3 Å². The van der Waals surface area contributed by atoms with Crippen LogP contribution >= 0.6 is 70.4 Å². The topological polar surface area (TPSA) is 63.8 Å². The van der Waals surface area contributed by atoms with E-state index in [9.17, 15) is 4.79 Å². The molecule has 116 valence electrons. The molecule has 0 saturated heterocycles. The van der Waals surface area contributed by atoms with E-state index in [1.165, 1.54) is 6.21 Å². The standard InChI is InChI=1S/C13H8Br3IN2O3/c14-7-3-9(15)13(10(16)4-7)21-6-12(20)19-18-5-8-1-2-11(17)22-8/h1-5H,6H2,(H,19,20). The molecule has 0 fully saturated rings. The molecule has 0 aliphatic carbocycles. The lowest BCUT2D eigenvalue weighted by atomic mass is 10.3. The van der Waals surface area contributed by atoms with Crippen LogP contribution in [0.4, 0.5) is 0 Å². The Hall–Kier alpha value is -0.390. The predicted octanol–water partition coefficient (Wildman–Crippen LogP) is 4.70. The third-order valence-electron chi connectivity index (χ3n) is 2.29. The highest BCUT2D eigenvalue weighted by Gasteiger charge is 2.10. The molecule has 0 radical (unpaired) electrons. The summed E-state index contributed by atoms with van der Waals surface area (Å²) in [5.41, 5.74) is 2.36. The Morgan fingerprint density at radius 3 is 2.59 bits per heavy atom. The molecule has 0 aliphatic rings. The molecule has 5 nitrogen and oxygen atoms in total. The Kier molecular flexibility index (Phi) is 6.90. The van der Waals surface area contributed by atoms with Crippen molar-refractivity contribution in [3.05, 3.63) is 47.2 Å². The molecule has 0 atom stereocenters. The van der Waals surface area contributed by atoms with Crippen molar-refractivity contribution in [1.29, 1.82) is 0 Å². The number of hydrogen-bond acceptors (Lipinski definition) is 4. The second kappa shape index (κ2) is 8.46. The summed E-state index contributed by atoms with van der Waals surface area (Å²) in [6.07, 6.45) is 1.42. The summed E-state index contributed by atoms with van der Waals surface area (Å²) in [5.74, 6) is 0.728. The first kappa shape index (κ1) is 18.0. The molecular weight excluding hydrogens is 599 g/mol. The number of nitrogens with one attached hydrogen (secondary N) is 1. The van der Waals surface area contributed by atoms with Crippen LogP contribution in [-0.2, 0) is 4.79 Å². The van der Waals surface area contributed by atoms with Crippen molar-refractivity contribution in [2.45, 2.75) is 0 Å². The molecule has 0 bridgehead atoms. The quantitative estimate of drug-likeness (QED) is 0.305. The summed E-state index contributed by atoms with van der Waals surface area (Å²) < 4.78 is 13.8. The Morgan fingerprint density at radius 1 is 1.32 bits per heavy atom. The number of ether oxygens (including phenoxy) is 1. The van der Waals surface area contributed by atoms with Gasteiger partial charge in [0.15, 0.2) is 10.4 Å². The van der Waals surface area contributed by atoms with Gasteiger partial charge in [0.2, 0.25) is 0 Å². The lowest BCUT2D eigenvalue weighted by Crippen LogP contribution is -2.24. The first-order valence-electron chi connectivity index (χ1n) is 5.80. The van der Waals surface area contributed by atoms with Crippen LogP contribution < -0.4 is 10.2 Å². The summed E-state index contributed by atoms with van der Waals surface area (Å²) >= 11 is 12.2. The Balaban J connectivity index is 1.87. The molecule has 0 saturated carbocycles. The summed E-state index contributed by atoms with van der Waals surface area (Å²) in [6, 6.07) is 7.21. The fourth-order valence-corrected chi connectivity index (χ4v) is 4.32. The molecule has 22 heavy (non-hydrogen) atoms. The predicted molar refractivity (Wildman–Crippen MR) is 102 cm³/mol. The molecule has 1 amide bonds. The van der Waals surface area contributed by atoms with E-state index in [1.807, 2.05) is 34.7 Å². The van der Waals surface area contributed by atoms with E-state index in [-0.39, 0.29) is 12.5 Å². The van der Waals surface area contributed by atoms with Gasteiger partial charge in [-0.3, -0.25) is 4.79 Å². The van der Waals surface area contributed by atoms with Crippen LogP contribution in [0.1, 0.15) is 5.76 Å². The molecule has 1 heterocycles. The van der Waals surface area contributed by atoms with Crippen molar-refractivity contribution in [3.8, 4) is 5.75 Å². The van der Waals surface area contributed by atoms with Gasteiger partial charge < -0.3 is 9.15 Å². The molecule has 2 aromatic rings. The third-order valence-corrected chi connectivity index (χ3v) is 4.50. The maximum absolute atomic E-state index is 11.7. The van der Waals surface area contributed by atoms with Gasteiger partial charge in [-0.25, -0.2) is 5.43 Å². The molecule has 1 aromatic heterocycles. The molecule has 0 aliphatic heterocycles. The zero-order chi connectivity index (χ0) is 16.1. The minimum absolute atomic E-state index is 0.161. The minimum atomic E-state index is -0.376. The Bertz CT molecular complexity index is 695. The summed E-state index contributed by atoms with van der Waals surface area (Å²) in [7, 11) is 0. The van der Waals surface area contributed by atoms with Crippen LogP contribution in [0.25, 0.3) is 0 Å². The normalized spacial score (nSPS) is 10.9. The van der Waals surface area contributed by atoms with Crippen molar-refractivity contribution < 1.29 is 13.9 Å². The van der Waals surface area contributed by atoms with Gasteiger partial charge in [-0.1, -0.05) is 15.9 Å². The minimum Gasteiger partial charge on any atom is -0.481 e. The van der Waals surface area contributed by atoms with E-state index in [4.69, 9.17) is 9.15 Å². The maximum atomic E-state index is 11.7. The van der Waals surface area contributed by atoms with Gasteiger partial charge in [0.05, 0.1) is 15.2 Å². The van der Waals surface area contributed by atoms with E-state index < -0.39 is 0 Å². The van der Waals surface area contributed by atoms with Crippen LogP contribution in [0.5, 0.6) is 5.75 Å². The highest BCUT2D eigenvalue weighted by atomic mass is 127. The third kappa shape index (κ3) is 5.36. The number of hydrazone groups is 1. The maximum Gasteiger partial charge on any atom is 0.277 e.